The molecule has 0 N–H and O–H groups in total. The molecule has 1 fully saturated rings. The average Bonchev–Trinajstić information content (AvgIpc) is 3.23. The number of amides is 1. The van der Waals surface area contributed by atoms with Gasteiger partial charge in [0.15, 0.2) is 5.82 Å². The smallest absolute Gasteiger partial charge is 0.276 e. The minimum atomic E-state index is -0.130. The van der Waals surface area contributed by atoms with Crippen LogP contribution < -0.4 is 4.90 Å². The summed E-state index contributed by atoms with van der Waals surface area (Å²) in [6, 6.07) is 12.8. The van der Waals surface area contributed by atoms with E-state index in [-0.39, 0.29) is 11.8 Å². The van der Waals surface area contributed by atoms with Crippen LogP contribution in [-0.4, -0.2) is 27.6 Å². The normalized spacial score (nSPS) is 17.5. The number of anilines is 1. The number of para-hydroxylation sites is 1. The van der Waals surface area contributed by atoms with Crippen LogP contribution in [0.2, 0.25) is 5.02 Å². The number of nitrogens with zero attached hydrogens (tertiary/aromatic N) is 4. The van der Waals surface area contributed by atoms with Crippen LogP contribution in [-0.2, 0) is 4.79 Å². The molecule has 1 amide bonds. The maximum absolute atomic E-state index is 12.4. The molecule has 0 aliphatic carbocycles. The Balaban J connectivity index is 1.58. The summed E-state index contributed by atoms with van der Waals surface area (Å²) in [6.07, 6.45) is 1.99. The van der Waals surface area contributed by atoms with Crippen molar-refractivity contribution in [3.8, 4) is 11.6 Å². The lowest BCUT2D eigenvalue weighted by Gasteiger charge is -2.17. The van der Waals surface area contributed by atoms with Crippen molar-refractivity contribution in [1.29, 1.82) is 0 Å². The second-order valence-corrected chi connectivity index (χ2v) is 5.94. The molecule has 3 heterocycles. The Morgan fingerprint density at radius 2 is 2.00 bits per heavy atom. The van der Waals surface area contributed by atoms with E-state index in [0.717, 1.165) is 0 Å². The first-order chi connectivity index (χ1) is 11.7. The van der Waals surface area contributed by atoms with Crippen molar-refractivity contribution < 1.29 is 9.32 Å². The van der Waals surface area contributed by atoms with E-state index in [1.54, 1.807) is 23.2 Å². The summed E-state index contributed by atoms with van der Waals surface area (Å²) in [4.78, 5) is 22.6. The number of aromatic nitrogens is 3. The lowest BCUT2D eigenvalue weighted by atomic mass is 10.1. The first-order valence-corrected chi connectivity index (χ1v) is 7.90. The standard InChI is InChI=1S/C17H13ClN4O2/c18-12-5-1-2-7-14(12)22-10-11(9-15(22)23)16-20-17(24-21-16)13-6-3-4-8-19-13/h1-8,11H,9-10H2. The van der Waals surface area contributed by atoms with Crippen LogP contribution in [0.4, 0.5) is 5.69 Å². The lowest BCUT2D eigenvalue weighted by molar-refractivity contribution is -0.117. The van der Waals surface area contributed by atoms with E-state index in [2.05, 4.69) is 15.1 Å². The minimum absolute atomic E-state index is 0.00251. The molecular weight excluding hydrogens is 328 g/mol. The first kappa shape index (κ1) is 14.8. The molecule has 3 aromatic rings. The first-order valence-electron chi connectivity index (χ1n) is 7.52. The molecular formula is C17H13ClN4O2. The van der Waals surface area contributed by atoms with Crippen LogP contribution >= 0.6 is 11.6 Å². The molecule has 0 bridgehead atoms. The molecule has 1 atom stereocenters. The van der Waals surface area contributed by atoms with Gasteiger partial charge >= 0.3 is 0 Å². The fourth-order valence-corrected chi connectivity index (χ4v) is 3.02. The highest BCUT2D eigenvalue weighted by Gasteiger charge is 2.35. The molecule has 2 aromatic heterocycles. The summed E-state index contributed by atoms with van der Waals surface area (Å²) in [5, 5.41) is 4.57. The molecule has 1 saturated heterocycles. The summed E-state index contributed by atoms with van der Waals surface area (Å²) in [5.74, 6) is 0.736. The van der Waals surface area contributed by atoms with Crippen LogP contribution in [0.25, 0.3) is 11.6 Å². The third kappa shape index (κ3) is 2.65. The zero-order chi connectivity index (χ0) is 16.5. The number of hydrogen-bond acceptors (Lipinski definition) is 5. The summed E-state index contributed by atoms with van der Waals surface area (Å²) < 4.78 is 5.28. The molecule has 1 unspecified atom stereocenters. The van der Waals surface area contributed by atoms with Gasteiger partial charge in [0.1, 0.15) is 5.69 Å². The molecule has 1 aromatic carbocycles. The number of carbonyl (C=O) groups excluding carboxylic acids is 1. The molecule has 0 saturated carbocycles. The van der Waals surface area contributed by atoms with Crippen LogP contribution in [0.5, 0.6) is 0 Å². The van der Waals surface area contributed by atoms with Gasteiger partial charge in [-0.2, -0.15) is 4.98 Å². The summed E-state index contributed by atoms with van der Waals surface area (Å²) >= 11 is 6.20. The second kappa shape index (κ2) is 6.05. The van der Waals surface area contributed by atoms with Crippen molar-refractivity contribution in [3.05, 3.63) is 59.5 Å². The lowest BCUT2D eigenvalue weighted by Crippen LogP contribution is -2.24. The molecule has 1 aliphatic rings. The summed E-state index contributed by atoms with van der Waals surface area (Å²) in [7, 11) is 0. The van der Waals surface area contributed by atoms with E-state index in [1.807, 2.05) is 30.3 Å². The number of rotatable bonds is 3. The Labute approximate surface area is 143 Å². The highest BCUT2D eigenvalue weighted by Crippen LogP contribution is 2.34. The van der Waals surface area contributed by atoms with Crippen molar-refractivity contribution in [2.75, 3.05) is 11.4 Å². The zero-order valence-electron chi connectivity index (χ0n) is 12.6. The Bertz CT molecular complexity index is 881. The number of pyridine rings is 1. The number of benzene rings is 1. The Kier molecular flexibility index (Phi) is 3.74. The topological polar surface area (TPSA) is 72.1 Å². The van der Waals surface area contributed by atoms with Gasteiger partial charge in [0, 0.05) is 25.1 Å². The molecule has 24 heavy (non-hydrogen) atoms. The molecule has 0 spiro atoms. The van der Waals surface area contributed by atoms with Gasteiger partial charge in [-0.15, -0.1) is 0 Å². The minimum Gasteiger partial charge on any atom is -0.332 e. The third-order valence-corrected chi connectivity index (χ3v) is 4.28. The Morgan fingerprint density at radius 1 is 1.17 bits per heavy atom. The molecule has 6 nitrogen and oxygen atoms in total. The van der Waals surface area contributed by atoms with E-state index in [9.17, 15) is 4.79 Å². The fraction of sp³-hybridized carbons (Fsp3) is 0.176. The van der Waals surface area contributed by atoms with E-state index >= 15 is 0 Å². The van der Waals surface area contributed by atoms with Crippen LogP contribution in [0, 0.1) is 0 Å². The second-order valence-electron chi connectivity index (χ2n) is 5.53. The number of hydrogen-bond donors (Lipinski definition) is 0. The van der Waals surface area contributed by atoms with Crippen molar-refractivity contribution in [1.82, 2.24) is 15.1 Å². The monoisotopic (exact) mass is 340 g/mol. The predicted molar refractivity (Wildman–Crippen MR) is 88.7 cm³/mol. The van der Waals surface area contributed by atoms with Gasteiger partial charge in [-0.05, 0) is 24.3 Å². The fourth-order valence-electron chi connectivity index (χ4n) is 2.78. The molecule has 7 heteroatoms. The summed E-state index contributed by atoms with van der Waals surface area (Å²) in [5.41, 5.74) is 1.32. The van der Waals surface area contributed by atoms with Crippen molar-refractivity contribution in [2.45, 2.75) is 12.3 Å². The quantitative estimate of drug-likeness (QED) is 0.731. The van der Waals surface area contributed by atoms with Gasteiger partial charge in [0.05, 0.1) is 10.7 Å². The third-order valence-electron chi connectivity index (χ3n) is 3.96. The van der Waals surface area contributed by atoms with Gasteiger partial charge in [0.25, 0.3) is 5.89 Å². The number of halogens is 1. The van der Waals surface area contributed by atoms with Gasteiger partial charge in [-0.25, -0.2) is 0 Å². The van der Waals surface area contributed by atoms with Gasteiger partial charge in [-0.3, -0.25) is 9.78 Å². The van der Waals surface area contributed by atoms with E-state index in [0.29, 0.717) is 41.1 Å². The SMILES string of the molecule is O=C1CC(c2noc(-c3ccccn3)n2)CN1c1ccccc1Cl. The van der Waals surface area contributed by atoms with E-state index < -0.39 is 0 Å². The predicted octanol–water partition coefficient (Wildman–Crippen LogP) is 3.31. The maximum atomic E-state index is 12.4. The largest absolute Gasteiger partial charge is 0.332 e. The Hall–Kier alpha value is -2.73. The Morgan fingerprint density at radius 3 is 2.79 bits per heavy atom. The van der Waals surface area contributed by atoms with Crippen molar-refractivity contribution >= 4 is 23.2 Å². The van der Waals surface area contributed by atoms with Crippen LogP contribution in [0.3, 0.4) is 0 Å². The van der Waals surface area contributed by atoms with Crippen LogP contribution in [0.1, 0.15) is 18.2 Å². The van der Waals surface area contributed by atoms with Crippen LogP contribution in [0.15, 0.2) is 53.2 Å². The molecule has 4 rings (SSSR count). The summed E-state index contributed by atoms with van der Waals surface area (Å²) in [6.45, 7) is 0.476. The van der Waals surface area contributed by atoms with Gasteiger partial charge < -0.3 is 9.42 Å². The van der Waals surface area contributed by atoms with Gasteiger partial charge in [-0.1, -0.05) is 35.0 Å². The van der Waals surface area contributed by atoms with E-state index in [1.165, 1.54) is 0 Å². The van der Waals surface area contributed by atoms with Gasteiger partial charge in [0.2, 0.25) is 5.91 Å². The molecule has 0 radical (unpaired) electrons. The van der Waals surface area contributed by atoms with Crippen molar-refractivity contribution in [2.24, 2.45) is 0 Å². The molecule has 120 valence electrons. The number of carbonyl (C=O) groups is 1. The maximum Gasteiger partial charge on any atom is 0.276 e. The molecule has 1 aliphatic heterocycles. The highest BCUT2D eigenvalue weighted by molar-refractivity contribution is 6.33. The van der Waals surface area contributed by atoms with E-state index in [4.69, 9.17) is 16.1 Å². The highest BCUT2D eigenvalue weighted by atomic mass is 35.5. The zero-order valence-corrected chi connectivity index (χ0v) is 13.3. The van der Waals surface area contributed by atoms with Crippen molar-refractivity contribution in [3.63, 3.8) is 0 Å². The average molecular weight is 341 g/mol.